The fourth-order valence-corrected chi connectivity index (χ4v) is 8.00. The Labute approximate surface area is 329 Å². The van der Waals surface area contributed by atoms with E-state index in [0.717, 1.165) is 24.0 Å². The van der Waals surface area contributed by atoms with E-state index in [4.69, 9.17) is 5.11 Å². The van der Waals surface area contributed by atoms with Crippen LogP contribution in [0.3, 0.4) is 0 Å². The Morgan fingerprint density at radius 3 is 1.33 bits per heavy atom. The van der Waals surface area contributed by atoms with Crippen molar-refractivity contribution in [3.63, 3.8) is 0 Å². The van der Waals surface area contributed by atoms with Crippen LogP contribution < -0.4 is 0 Å². The number of carboxylic acid groups (broad SMARTS) is 4. The molecule has 3 atom stereocenters. The molecule has 55 heavy (non-hydrogen) atoms. The van der Waals surface area contributed by atoms with E-state index in [0.29, 0.717) is 45.7 Å². The number of carbonyl (C=O) groups is 4. The fraction of sp³-hybridized carbons (Fsp3) is 0.644. The van der Waals surface area contributed by atoms with E-state index in [2.05, 4.69) is 67.3 Å². The second-order valence-electron chi connectivity index (χ2n) is 16.1. The molecule has 0 amide bonds. The van der Waals surface area contributed by atoms with Crippen LogP contribution in [0.2, 0.25) is 0 Å². The molecule has 0 bridgehead atoms. The highest BCUT2D eigenvalue weighted by molar-refractivity contribution is 5.82. The normalized spacial score (nSPS) is 19.9. The zero-order valence-electron chi connectivity index (χ0n) is 33.6. The predicted octanol–water partition coefficient (Wildman–Crippen LogP) is 8.93. The first-order chi connectivity index (χ1) is 26.5. The SMILES string of the molecule is CCCCCCCCCc1ccc(CN2CCC(CC(=O)O)(C(=O)O)C2)cc1.CCCCCCCCCc1ccc(CN2C[C@H](C(=O)O)[C@@H](C(=O)O)C2)cc1. The van der Waals surface area contributed by atoms with Gasteiger partial charge in [0.2, 0.25) is 0 Å². The molecule has 0 aromatic heterocycles. The first kappa shape index (κ1) is 45.6. The lowest BCUT2D eigenvalue weighted by molar-refractivity contribution is -0.155. The largest absolute Gasteiger partial charge is 0.481 e. The highest BCUT2D eigenvalue weighted by Gasteiger charge is 2.46. The lowest BCUT2D eigenvalue weighted by Crippen LogP contribution is -2.36. The van der Waals surface area contributed by atoms with Gasteiger partial charge in [-0.1, -0.05) is 139 Å². The molecule has 0 saturated carbocycles. The monoisotopic (exact) mass is 764 g/mol. The van der Waals surface area contributed by atoms with Crippen molar-refractivity contribution in [3.05, 3.63) is 70.8 Å². The Hall–Kier alpha value is -3.76. The maximum absolute atomic E-state index is 11.6. The summed E-state index contributed by atoms with van der Waals surface area (Å²) in [6.07, 6.45) is 20.7. The molecule has 1 unspecified atom stereocenters. The molecule has 2 aliphatic rings. The fourth-order valence-electron chi connectivity index (χ4n) is 8.00. The van der Waals surface area contributed by atoms with Crippen LogP contribution >= 0.6 is 0 Å². The number of likely N-dealkylation sites (tertiary alicyclic amines) is 2. The van der Waals surface area contributed by atoms with E-state index in [1.165, 1.54) is 101 Å². The molecular weight excluding hydrogens is 697 g/mol. The van der Waals surface area contributed by atoms with E-state index >= 15 is 0 Å². The number of rotatable bonds is 25. The molecule has 2 aliphatic heterocycles. The Balaban J connectivity index is 0.000000296. The Morgan fingerprint density at radius 1 is 0.564 bits per heavy atom. The van der Waals surface area contributed by atoms with Gasteiger partial charge in [-0.05, 0) is 60.9 Å². The summed E-state index contributed by atoms with van der Waals surface area (Å²) in [4.78, 5) is 49.2. The molecule has 2 aromatic rings. The predicted molar refractivity (Wildman–Crippen MR) is 216 cm³/mol. The number of unbranched alkanes of at least 4 members (excludes halogenated alkanes) is 12. The molecule has 2 heterocycles. The number of benzene rings is 2. The average Bonchev–Trinajstić information content (AvgIpc) is 3.77. The Morgan fingerprint density at radius 2 is 0.945 bits per heavy atom. The summed E-state index contributed by atoms with van der Waals surface area (Å²) in [5.74, 6) is -5.72. The van der Waals surface area contributed by atoms with Gasteiger partial charge in [-0.2, -0.15) is 0 Å². The van der Waals surface area contributed by atoms with Crippen LogP contribution in [0.5, 0.6) is 0 Å². The van der Waals surface area contributed by atoms with Gasteiger partial charge >= 0.3 is 23.9 Å². The molecule has 0 spiro atoms. The summed E-state index contributed by atoms with van der Waals surface area (Å²) in [7, 11) is 0. The summed E-state index contributed by atoms with van der Waals surface area (Å²) in [5.41, 5.74) is 3.79. The number of aliphatic carboxylic acids is 4. The zero-order valence-corrected chi connectivity index (χ0v) is 33.6. The van der Waals surface area contributed by atoms with Crippen molar-refractivity contribution in [3.8, 4) is 0 Å². The zero-order chi connectivity index (χ0) is 40.1. The molecule has 2 saturated heterocycles. The van der Waals surface area contributed by atoms with E-state index < -0.39 is 41.1 Å². The van der Waals surface area contributed by atoms with Crippen LogP contribution in [0.1, 0.15) is 139 Å². The topological polar surface area (TPSA) is 156 Å². The van der Waals surface area contributed by atoms with Gasteiger partial charge in [0.1, 0.15) is 0 Å². The van der Waals surface area contributed by atoms with Crippen LogP contribution in [-0.4, -0.2) is 80.3 Å². The van der Waals surface area contributed by atoms with E-state index in [-0.39, 0.29) is 6.42 Å². The first-order valence-electron chi connectivity index (χ1n) is 21.0. The lowest BCUT2D eigenvalue weighted by atomic mass is 9.84. The van der Waals surface area contributed by atoms with E-state index in [9.17, 15) is 34.5 Å². The quantitative estimate of drug-likeness (QED) is 0.0721. The first-order valence-corrected chi connectivity index (χ1v) is 21.0. The van der Waals surface area contributed by atoms with Crippen molar-refractivity contribution >= 4 is 23.9 Å². The van der Waals surface area contributed by atoms with Gasteiger partial charge in [0.25, 0.3) is 0 Å². The summed E-state index contributed by atoms with van der Waals surface area (Å²) in [6, 6.07) is 17.0. The molecule has 10 nitrogen and oxygen atoms in total. The summed E-state index contributed by atoms with van der Waals surface area (Å²) in [6.45, 7) is 7.28. The number of nitrogens with zero attached hydrogens (tertiary/aromatic N) is 2. The van der Waals surface area contributed by atoms with E-state index in [1.54, 1.807) is 0 Å². The second kappa shape index (κ2) is 24.7. The number of carboxylic acids is 4. The third-order valence-corrected chi connectivity index (χ3v) is 11.4. The molecular formula is C45H68N2O8. The number of hydrogen-bond donors (Lipinski definition) is 4. The molecule has 0 radical (unpaired) electrons. The molecule has 4 rings (SSSR count). The van der Waals surface area contributed by atoms with Gasteiger partial charge in [0.05, 0.1) is 23.7 Å². The molecule has 10 heteroatoms. The second-order valence-corrected chi connectivity index (χ2v) is 16.1. The summed E-state index contributed by atoms with van der Waals surface area (Å²) < 4.78 is 0. The molecule has 0 aliphatic carbocycles. The maximum Gasteiger partial charge on any atom is 0.311 e. The van der Waals surface area contributed by atoms with Gasteiger partial charge in [-0.25, -0.2) is 0 Å². The molecule has 306 valence electrons. The third kappa shape index (κ3) is 16.5. The van der Waals surface area contributed by atoms with Gasteiger partial charge in [0.15, 0.2) is 0 Å². The minimum Gasteiger partial charge on any atom is -0.481 e. The van der Waals surface area contributed by atoms with Crippen LogP contribution in [-0.2, 0) is 45.1 Å². The Bertz CT molecular complexity index is 1420. The maximum atomic E-state index is 11.6. The third-order valence-electron chi connectivity index (χ3n) is 11.4. The molecule has 2 fully saturated rings. The minimum absolute atomic E-state index is 0.298. The Kier molecular flexibility index (Phi) is 20.5. The summed E-state index contributed by atoms with van der Waals surface area (Å²) in [5, 5.41) is 37.0. The van der Waals surface area contributed by atoms with Crippen LogP contribution in [0.4, 0.5) is 0 Å². The molecule has 2 aromatic carbocycles. The number of hydrogen-bond acceptors (Lipinski definition) is 6. The van der Waals surface area contributed by atoms with Gasteiger partial charge in [-0.15, -0.1) is 0 Å². The van der Waals surface area contributed by atoms with Crippen molar-refractivity contribution in [2.45, 2.75) is 143 Å². The summed E-state index contributed by atoms with van der Waals surface area (Å²) >= 11 is 0. The van der Waals surface area contributed by atoms with Crippen LogP contribution in [0.15, 0.2) is 48.5 Å². The van der Waals surface area contributed by atoms with Gasteiger partial charge < -0.3 is 20.4 Å². The molecule has 4 N–H and O–H groups in total. The smallest absolute Gasteiger partial charge is 0.311 e. The van der Waals surface area contributed by atoms with Crippen molar-refractivity contribution in [2.24, 2.45) is 17.3 Å². The lowest BCUT2D eigenvalue weighted by Gasteiger charge is -2.23. The van der Waals surface area contributed by atoms with Crippen LogP contribution in [0.25, 0.3) is 0 Å². The van der Waals surface area contributed by atoms with Crippen molar-refractivity contribution in [1.29, 1.82) is 0 Å². The minimum atomic E-state index is -1.15. The highest BCUT2D eigenvalue weighted by atomic mass is 16.4. The van der Waals surface area contributed by atoms with Gasteiger partial charge in [-0.3, -0.25) is 29.0 Å². The van der Waals surface area contributed by atoms with E-state index in [1.807, 2.05) is 4.90 Å². The van der Waals surface area contributed by atoms with Crippen molar-refractivity contribution in [2.75, 3.05) is 26.2 Å². The number of aryl methyl sites for hydroxylation is 2. The highest BCUT2D eigenvalue weighted by Crippen LogP contribution is 2.35. The standard InChI is InChI=1S/C23H35NO4.C22H33NO4/c1-2-3-4-5-6-7-8-9-19-10-12-20(13-11-19)17-24-15-14-23(18-24,22(27)28)16-21(25)26;1-2-3-4-5-6-7-8-9-17-10-12-18(13-11-17)14-23-15-19(21(24)25)20(16-23)22(26)27/h10-13H,2-9,14-18H2,1H3,(H,25,26)(H,27,28);10-13,19-20H,2-9,14-16H2,1H3,(H,24,25)(H,26,27)/t;19-,20-/m.0/s1. The van der Waals surface area contributed by atoms with Gasteiger partial charge in [0, 0.05) is 32.7 Å². The van der Waals surface area contributed by atoms with Crippen molar-refractivity contribution < 1.29 is 39.6 Å². The van der Waals surface area contributed by atoms with Crippen LogP contribution in [0, 0.1) is 17.3 Å². The average molecular weight is 765 g/mol. The van der Waals surface area contributed by atoms with Crippen molar-refractivity contribution in [1.82, 2.24) is 9.80 Å².